The third-order valence-electron chi connectivity index (χ3n) is 2.94. The number of unbranched alkanes of at least 4 members (excludes halogenated alkanes) is 3. The minimum atomic E-state index is -0.0272. The largest absolute Gasteiger partial charge is 0.278 e. The van der Waals surface area contributed by atoms with Crippen molar-refractivity contribution in [3.8, 4) is 0 Å². The highest BCUT2D eigenvalue weighted by Crippen LogP contribution is 2.07. The lowest BCUT2D eigenvalue weighted by Gasteiger charge is -2.25. The van der Waals surface area contributed by atoms with Crippen LogP contribution < -0.4 is 10.9 Å². The molecule has 0 unspecified atom stereocenters. The number of amides is 1. The van der Waals surface area contributed by atoms with Gasteiger partial charge in [-0.05, 0) is 25.7 Å². The molecule has 0 bridgehead atoms. The second-order valence-corrected chi connectivity index (χ2v) is 4.87. The zero-order valence-corrected chi connectivity index (χ0v) is 12.9. The molecule has 0 aliphatic rings. The number of rotatable bonds is 12. The van der Waals surface area contributed by atoms with E-state index >= 15 is 0 Å². The topological polar surface area (TPSA) is 44.4 Å². The number of carbonyl (C=O) groups is 1. The Morgan fingerprint density at radius 2 is 1.42 bits per heavy atom. The molecular weight excluding hydrogens is 238 g/mol. The van der Waals surface area contributed by atoms with Gasteiger partial charge in [-0.3, -0.25) is 4.79 Å². The summed E-state index contributed by atoms with van der Waals surface area (Å²) in [5.74, 6) is -0.0272. The molecule has 0 aliphatic carbocycles. The molecule has 2 N–H and O–H groups in total. The normalized spacial score (nSPS) is 10.5. The van der Waals surface area contributed by atoms with E-state index in [-0.39, 0.29) is 5.91 Å². The average molecular weight is 269 g/mol. The van der Waals surface area contributed by atoms with Crippen LogP contribution in [0.3, 0.4) is 0 Å². The molecule has 112 valence electrons. The summed E-state index contributed by atoms with van der Waals surface area (Å²) in [6.45, 7) is 11.9. The Balaban J connectivity index is 4.26. The number of hydrogen-bond donors (Lipinski definition) is 2. The van der Waals surface area contributed by atoms with Gasteiger partial charge in [-0.2, -0.15) is 0 Å². The van der Waals surface area contributed by atoms with E-state index in [1.807, 2.05) is 0 Å². The lowest BCUT2D eigenvalue weighted by atomic mass is 10.1. The summed E-state index contributed by atoms with van der Waals surface area (Å²) in [6, 6.07) is 0. The van der Waals surface area contributed by atoms with E-state index in [0.29, 0.717) is 5.57 Å². The van der Waals surface area contributed by atoms with Gasteiger partial charge in [0.15, 0.2) is 0 Å². The Labute approximate surface area is 118 Å². The molecule has 0 spiro atoms. The van der Waals surface area contributed by atoms with Crippen molar-refractivity contribution in [3.63, 3.8) is 0 Å². The highest BCUT2D eigenvalue weighted by atomic mass is 16.2. The molecule has 0 aromatic rings. The van der Waals surface area contributed by atoms with Crippen LogP contribution in [0.5, 0.6) is 0 Å². The number of nitrogens with zero attached hydrogens (tertiary/aromatic N) is 1. The van der Waals surface area contributed by atoms with Crippen LogP contribution in [0, 0.1) is 0 Å². The van der Waals surface area contributed by atoms with Crippen molar-refractivity contribution in [1.82, 2.24) is 16.0 Å². The third-order valence-corrected chi connectivity index (χ3v) is 2.94. The molecule has 1 amide bonds. The van der Waals surface area contributed by atoms with Crippen LogP contribution in [0.2, 0.25) is 0 Å². The first-order chi connectivity index (χ1) is 9.17. The minimum Gasteiger partial charge on any atom is -0.267 e. The van der Waals surface area contributed by atoms with Crippen molar-refractivity contribution < 1.29 is 4.79 Å². The summed E-state index contributed by atoms with van der Waals surface area (Å²) in [6.07, 6.45) is 7.21. The van der Waals surface area contributed by atoms with Gasteiger partial charge in [-0.25, -0.2) is 16.0 Å². The molecule has 0 aromatic heterocycles. The van der Waals surface area contributed by atoms with Crippen molar-refractivity contribution in [1.29, 1.82) is 0 Å². The molecule has 19 heavy (non-hydrogen) atoms. The maximum absolute atomic E-state index is 12.2. The fourth-order valence-electron chi connectivity index (χ4n) is 1.59. The summed E-state index contributed by atoms with van der Waals surface area (Å²) >= 11 is 0. The van der Waals surface area contributed by atoms with Gasteiger partial charge in [-0.15, -0.1) is 0 Å². The second-order valence-electron chi connectivity index (χ2n) is 4.87. The standard InChI is InChI=1S/C15H31N3O/c1-5-8-11-14(4)15(19)18(16-12-9-6-2)17-13-10-7-3/h16-17H,4-13H2,1-3H3. The van der Waals surface area contributed by atoms with Crippen LogP contribution in [0.4, 0.5) is 0 Å². The van der Waals surface area contributed by atoms with Gasteiger partial charge in [0.05, 0.1) is 0 Å². The maximum Gasteiger partial charge on any atom is 0.278 e. The minimum absolute atomic E-state index is 0.0272. The Morgan fingerprint density at radius 1 is 0.947 bits per heavy atom. The molecule has 0 saturated heterocycles. The van der Waals surface area contributed by atoms with Crippen LogP contribution in [-0.2, 0) is 4.79 Å². The first-order valence-electron chi connectivity index (χ1n) is 7.66. The molecule has 0 aliphatic heterocycles. The molecule has 4 nitrogen and oxygen atoms in total. The summed E-state index contributed by atoms with van der Waals surface area (Å²) in [5, 5.41) is 1.53. The van der Waals surface area contributed by atoms with Crippen molar-refractivity contribution in [2.75, 3.05) is 13.1 Å². The van der Waals surface area contributed by atoms with Gasteiger partial charge < -0.3 is 0 Å². The highest BCUT2D eigenvalue weighted by Gasteiger charge is 2.15. The number of hydrazine groups is 2. The SMILES string of the molecule is C=C(CCCC)C(=O)N(NCCCC)NCCCC. The predicted octanol–water partition coefficient (Wildman–Crippen LogP) is 3.17. The summed E-state index contributed by atoms with van der Waals surface area (Å²) in [5.41, 5.74) is 6.97. The lowest BCUT2D eigenvalue weighted by molar-refractivity contribution is -0.134. The van der Waals surface area contributed by atoms with Crippen LogP contribution in [-0.4, -0.2) is 24.1 Å². The molecule has 0 atom stereocenters. The Morgan fingerprint density at radius 3 is 1.84 bits per heavy atom. The van der Waals surface area contributed by atoms with Gasteiger partial charge in [-0.1, -0.05) is 46.6 Å². The van der Waals surface area contributed by atoms with E-state index in [9.17, 15) is 4.79 Å². The summed E-state index contributed by atoms with van der Waals surface area (Å²) in [7, 11) is 0. The van der Waals surface area contributed by atoms with Crippen LogP contribution >= 0.6 is 0 Å². The first-order valence-corrected chi connectivity index (χ1v) is 7.66. The average Bonchev–Trinajstić information content (AvgIpc) is 2.42. The van der Waals surface area contributed by atoms with Crippen molar-refractivity contribution in [2.45, 2.75) is 65.7 Å². The Kier molecular flexibility index (Phi) is 11.6. The van der Waals surface area contributed by atoms with Crippen molar-refractivity contribution >= 4 is 5.91 Å². The fraction of sp³-hybridized carbons (Fsp3) is 0.800. The van der Waals surface area contributed by atoms with E-state index < -0.39 is 0 Å². The summed E-state index contributed by atoms with van der Waals surface area (Å²) < 4.78 is 0. The zero-order valence-electron chi connectivity index (χ0n) is 12.9. The van der Waals surface area contributed by atoms with Crippen LogP contribution in [0.25, 0.3) is 0 Å². The van der Waals surface area contributed by atoms with Gasteiger partial charge in [0.2, 0.25) is 0 Å². The molecule has 4 heteroatoms. The zero-order chi connectivity index (χ0) is 14.5. The smallest absolute Gasteiger partial charge is 0.267 e. The monoisotopic (exact) mass is 269 g/mol. The molecule has 0 heterocycles. The van der Waals surface area contributed by atoms with Gasteiger partial charge in [0.1, 0.15) is 0 Å². The fourth-order valence-corrected chi connectivity index (χ4v) is 1.59. The third kappa shape index (κ3) is 8.78. The molecular formula is C15H31N3O. The molecule has 0 rings (SSSR count). The van der Waals surface area contributed by atoms with E-state index in [0.717, 1.165) is 58.0 Å². The molecule has 0 radical (unpaired) electrons. The van der Waals surface area contributed by atoms with Crippen molar-refractivity contribution in [3.05, 3.63) is 12.2 Å². The molecule has 0 aromatic carbocycles. The van der Waals surface area contributed by atoms with Gasteiger partial charge in [0, 0.05) is 18.7 Å². The Hall–Kier alpha value is -0.870. The lowest BCUT2D eigenvalue weighted by Crippen LogP contribution is -2.52. The second kappa shape index (κ2) is 12.2. The maximum atomic E-state index is 12.2. The molecule has 0 fully saturated rings. The predicted molar refractivity (Wildman–Crippen MR) is 81.3 cm³/mol. The summed E-state index contributed by atoms with van der Waals surface area (Å²) in [4.78, 5) is 12.2. The quantitative estimate of drug-likeness (QED) is 0.325. The van der Waals surface area contributed by atoms with Crippen LogP contribution in [0.15, 0.2) is 12.2 Å². The van der Waals surface area contributed by atoms with E-state index in [1.165, 1.54) is 5.12 Å². The van der Waals surface area contributed by atoms with E-state index in [4.69, 9.17) is 0 Å². The Bertz CT molecular complexity index is 244. The highest BCUT2D eigenvalue weighted by molar-refractivity contribution is 5.92. The van der Waals surface area contributed by atoms with Gasteiger partial charge in [0.25, 0.3) is 5.91 Å². The molecule has 0 saturated carbocycles. The number of carbonyl (C=O) groups excluding carboxylic acids is 1. The van der Waals surface area contributed by atoms with E-state index in [2.05, 4.69) is 38.2 Å². The number of hydrogen-bond acceptors (Lipinski definition) is 3. The van der Waals surface area contributed by atoms with E-state index in [1.54, 1.807) is 0 Å². The first kappa shape index (κ1) is 18.1. The number of nitrogens with one attached hydrogen (secondary N) is 2. The van der Waals surface area contributed by atoms with Gasteiger partial charge >= 0.3 is 0 Å². The van der Waals surface area contributed by atoms with Crippen molar-refractivity contribution in [2.24, 2.45) is 0 Å². The van der Waals surface area contributed by atoms with Crippen LogP contribution in [0.1, 0.15) is 65.7 Å².